The van der Waals surface area contributed by atoms with Gasteiger partial charge in [-0.2, -0.15) is 0 Å². The molecule has 0 fully saturated rings. The molecule has 0 radical (unpaired) electrons. The van der Waals surface area contributed by atoms with Gasteiger partial charge in [0.1, 0.15) is 0 Å². The summed E-state index contributed by atoms with van der Waals surface area (Å²) < 4.78 is 10.7. The summed E-state index contributed by atoms with van der Waals surface area (Å²) >= 11 is 0. The molecule has 0 bridgehead atoms. The third-order valence-electron chi connectivity index (χ3n) is 4.15. The van der Waals surface area contributed by atoms with E-state index in [9.17, 15) is 9.59 Å². The highest BCUT2D eigenvalue weighted by molar-refractivity contribution is 5.85. The number of nitrogens with two attached hydrogens (primary N) is 1. The van der Waals surface area contributed by atoms with Gasteiger partial charge in [-0.25, -0.2) is 0 Å². The van der Waals surface area contributed by atoms with Crippen LogP contribution < -0.4 is 20.5 Å². The van der Waals surface area contributed by atoms with E-state index in [4.69, 9.17) is 15.2 Å². The van der Waals surface area contributed by atoms with E-state index in [0.717, 1.165) is 12.0 Å². The molecular weight excluding hydrogens is 346 g/mol. The molecule has 8 heteroatoms. The molecule has 2 rings (SSSR count). The van der Waals surface area contributed by atoms with Crippen LogP contribution in [0.2, 0.25) is 0 Å². The van der Waals surface area contributed by atoms with E-state index in [1.54, 1.807) is 14.2 Å². The standard InChI is InChI=1S/C17H25N3O4.ClH/c1-23-14-8-12-5-7-20(11-13(12)9-15(14)24-2)17(22)4-3-6-19-16(21)10-18;/h8-9H,3-7,10-11,18H2,1-2H3,(H,19,21);1H. The van der Waals surface area contributed by atoms with Crippen LogP contribution in [0, 0.1) is 0 Å². The Kier molecular flexibility index (Phi) is 8.51. The number of amides is 2. The summed E-state index contributed by atoms with van der Waals surface area (Å²) in [6.07, 6.45) is 1.82. The van der Waals surface area contributed by atoms with Crippen molar-refractivity contribution in [3.63, 3.8) is 0 Å². The minimum Gasteiger partial charge on any atom is -0.493 e. The Hall–Kier alpha value is -1.99. The second kappa shape index (κ2) is 10.1. The Morgan fingerprint density at radius 2 is 1.84 bits per heavy atom. The van der Waals surface area contributed by atoms with Crippen LogP contribution >= 0.6 is 12.4 Å². The fourth-order valence-corrected chi connectivity index (χ4v) is 2.79. The van der Waals surface area contributed by atoms with Crippen molar-refractivity contribution in [1.82, 2.24) is 10.2 Å². The summed E-state index contributed by atoms with van der Waals surface area (Å²) in [5.74, 6) is 1.29. The fourth-order valence-electron chi connectivity index (χ4n) is 2.79. The quantitative estimate of drug-likeness (QED) is 0.693. The maximum atomic E-state index is 12.3. The van der Waals surface area contributed by atoms with Gasteiger partial charge in [0.2, 0.25) is 11.8 Å². The van der Waals surface area contributed by atoms with Crippen molar-refractivity contribution in [3.8, 4) is 11.5 Å². The summed E-state index contributed by atoms with van der Waals surface area (Å²) in [7, 11) is 3.22. The zero-order chi connectivity index (χ0) is 17.5. The summed E-state index contributed by atoms with van der Waals surface area (Å²) in [6.45, 7) is 1.71. The highest BCUT2D eigenvalue weighted by Crippen LogP contribution is 2.33. The van der Waals surface area contributed by atoms with E-state index < -0.39 is 0 Å². The molecule has 1 heterocycles. The summed E-state index contributed by atoms with van der Waals surface area (Å²) in [4.78, 5) is 25.2. The van der Waals surface area contributed by atoms with Gasteiger partial charge in [0.15, 0.2) is 11.5 Å². The summed E-state index contributed by atoms with van der Waals surface area (Å²) in [5.41, 5.74) is 7.49. The molecule has 0 saturated heterocycles. The zero-order valence-corrected chi connectivity index (χ0v) is 15.5. The molecule has 0 aliphatic carbocycles. The van der Waals surface area contributed by atoms with Crippen LogP contribution in [0.3, 0.4) is 0 Å². The number of methoxy groups -OCH3 is 2. The topological polar surface area (TPSA) is 93.9 Å². The minimum absolute atomic E-state index is 0. The van der Waals surface area contributed by atoms with E-state index in [1.807, 2.05) is 17.0 Å². The molecule has 7 nitrogen and oxygen atoms in total. The first-order valence-corrected chi connectivity index (χ1v) is 8.07. The van der Waals surface area contributed by atoms with Crippen LogP contribution in [0.25, 0.3) is 0 Å². The van der Waals surface area contributed by atoms with Crippen molar-refractivity contribution in [1.29, 1.82) is 0 Å². The van der Waals surface area contributed by atoms with Gasteiger partial charge in [-0.15, -0.1) is 12.4 Å². The van der Waals surface area contributed by atoms with E-state index in [-0.39, 0.29) is 30.8 Å². The lowest BCUT2D eigenvalue weighted by molar-refractivity contribution is -0.132. The second-order valence-corrected chi connectivity index (χ2v) is 5.70. The first-order chi connectivity index (χ1) is 11.6. The highest BCUT2D eigenvalue weighted by Gasteiger charge is 2.22. The van der Waals surface area contributed by atoms with Gasteiger partial charge in [0.25, 0.3) is 0 Å². The Labute approximate surface area is 154 Å². The predicted octanol–water partition coefficient (Wildman–Crippen LogP) is 0.865. The monoisotopic (exact) mass is 371 g/mol. The summed E-state index contributed by atoms with van der Waals surface area (Å²) in [6, 6.07) is 3.92. The largest absolute Gasteiger partial charge is 0.493 e. The molecule has 1 aliphatic heterocycles. The number of nitrogens with zero attached hydrogens (tertiary/aromatic N) is 1. The lowest BCUT2D eigenvalue weighted by atomic mass is 9.98. The molecule has 140 valence electrons. The fraction of sp³-hybridized carbons (Fsp3) is 0.529. The third kappa shape index (κ3) is 5.51. The van der Waals surface area contributed by atoms with Crippen LogP contribution in [0.15, 0.2) is 12.1 Å². The zero-order valence-electron chi connectivity index (χ0n) is 14.7. The molecular formula is C17H26ClN3O4. The molecule has 1 aliphatic rings. The lowest BCUT2D eigenvalue weighted by Crippen LogP contribution is -2.36. The molecule has 3 N–H and O–H groups in total. The number of nitrogens with one attached hydrogen (secondary N) is 1. The normalized spacial score (nSPS) is 12.7. The van der Waals surface area contributed by atoms with Crippen molar-refractivity contribution >= 4 is 24.2 Å². The smallest absolute Gasteiger partial charge is 0.233 e. The van der Waals surface area contributed by atoms with Crippen LogP contribution in [0.4, 0.5) is 0 Å². The van der Waals surface area contributed by atoms with Gasteiger partial charge >= 0.3 is 0 Å². The number of ether oxygens (including phenoxy) is 2. The van der Waals surface area contributed by atoms with Crippen molar-refractivity contribution in [2.24, 2.45) is 5.73 Å². The number of hydrogen-bond acceptors (Lipinski definition) is 5. The number of fused-ring (bicyclic) bond motifs is 1. The number of carbonyl (C=O) groups is 2. The first-order valence-electron chi connectivity index (χ1n) is 8.07. The molecule has 0 aromatic heterocycles. The Bertz CT molecular complexity index is 610. The maximum absolute atomic E-state index is 12.3. The van der Waals surface area contributed by atoms with E-state index in [2.05, 4.69) is 5.32 Å². The van der Waals surface area contributed by atoms with Crippen molar-refractivity contribution in [2.45, 2.75) is 25.8 Å². The number of halogens is 1. The third-order valence-corrected chi connectivity index (χ3v) is 4.15. The van der Waals surface area contributed by atoms with Gasteiger partial charge in [0, 0.05) is 26.1 Å². The van der Waals surface area contributed by atoms with E-state index >= 15 is 0 Å². The molecule has 2 amide bonds. The van der Waals surface area contributed by atoms with E-state index in [0.29, 0.717) is 44.0 Å². The first kappa shape index (κ1) is 21.1. The van der Waals surface area contributed by atoms with Crippen molar-refractivity contribution < 1.29 is 19.1 Å². The summed E-state index contributed by atoms with van der Waals surface area (Å²) in [5, 5.41) is 2.67. The average Bonchev–Trinajstić information content (AvgIpc) is 2.62. The van der Waals surface area contributed by atoms with E-state index in [1.165, 1.54) is 5.56 Å². The molecule has 0 atom stereocenters. The van der Waals surface area contributed by atoms with Gasteiger partial charge < -0.3 is 25.4 Å². The average molecular weight is 372 g/mol. The highest BCUT2D eigenvalue weighted by atomic mass is 35.5. The van der Waals surface area contributed by atoms with Gasteiger partial charge in [-0.3, -0.25) is 9.59 Å². The number of carbonyl (C=O) groups excluding carboxylic acids is 2. The number of rotatable bonds is 7. The van der Waals surface area contributed by atoms with Crippen LogP contribution in [-0.2, 0) is 22.6 Å². The van der Waals surface area contributed by atoms with Crippen LogP contribution in [0.1, 0.15) is 24.0 Å². The minimum atomic E-state index is -0.199. The number of hydrogen-bond donors (Lipinski definition) is 2. The molecule has 0 saturated carbocycles. The maximum Gasteiger partial charge on any atom is 0.233 e. The molecule has 25 heavy (non-hydrogen) atoms. The van der Waals surface area contributed by atoms with Crippen molar-refractivity contribution in [3.05, 3.63) is 23.3 Å². The van der Waals surface area contributed by atoms with Crippen molar-refractivity contribution in [2.75, 3.05) is 33.9 Å². The van der Waals surface area contributed by atoms with Gasteiger partial charge in [-0.05, 0) is 36.1 Å². The SMILES string of the molecule is COc1cc2c(cc1OC)CN(C(=O)CCCNC(=O)CN)CC2.Cl. The lowest BCUT2D eigenvalue weighted by Gasteiger charge is -2.29. The Morgan fingerprint density at radius 3 is 2.44 bits per heavy atom. The number of benzene rings is 1. The molecule has 0 spiro atoms. The van der Waals surface area contributed by atoms with Gasteiger partial charge in [0.05, 0.1) is 20.8 Å². The molecule has 1 aromatic carbocycles. The molecule has 1 aromatic rings. The van der Waals surface area contributed by atoms with Crippen LogP contribution in [-0.4, -0.2) is 50.6 Å². The Morgan fingerprint density at radius 1 is 1.20 bits per heavy atom. The predicted molar refractivity (Wildman–Crippen MR) is 97.2 cm³/mol. The Balaban J connectivity index is 0.00000312. The van der Waals surface area contributed by atoms with Crippen LogP contribution in [0.5, 0.6) is 11.5 Å². The second-order valence-electron chi connectivity index (χ2n) is 5.70. The molecule has 0 unspecified atom stereocenters. The van der Waals surface area contributed by atoms with Gasteiger partial charge in [-0.1, -0.05) is 0 Å².